The van der Waals surface area contributed by atoms with Crippen LogP contribution in [0.4, 0.5) is 0 Å². The Bertz CT molecular complexity index is 1190. The van der Waals surface area contributed by atoms with Gasteiger partial charge in [-0.25, -0.2) is 0 Å². The number of ether oxygens (including phenoxy) is 1. The van der Waals surface area contributed by atoms with Gasteiger partial charge in [-0.1, -0.05) is 125 Å². The average molecular weight is 545 g/mol. The number of rotatable bonds is 8. The molecule has 2 heterocycles. The van der Waals surface area contributed by atoms with Crippen molar-refractivity contribution < 1.29 is 4.74 Å². The van der Waals surface area contributed by atoms with E-state index in [2.05, 4.69) is 135 Å². The van der Waals surface area contributed by atoms with E-state index in [-0.39, 0.29) is 36.4 Å². The third-order valence-electron chi connectivity index (χ3n) is 9.33. The summed E-state index contributed by atoms with van der Waals surface area (Å²) in [5.74, 6) is 0. The molecule has 3 heteroatoms. The third kappa shape index (κ3) is 5.64. The van der Waals surface area contributed by atoms with Gasteiger partial charge in [-0.3, -0.25) is 10.6 Å². The number of nitrogens with one attached hydrogen (secondary N) is 2. The van der Waals surface area contributed by atoms with Gasteiger partial charge in [0.2, 0.25) is 0 Å². The molecule has 2 bridgehead atoms. The monoisotopic (exact) mass is 544 g/mol. The second-order valence-electron chi connectivity index (χ2n) is 11.7. The van der Waals surface area contributed by atoms with E-state index in [1.165, 1.54) is 44.5 Å². The van der Waals surface area contributed by atoms with Crippen LogP contribution in [0.25, 0.3) is 0 Å². The first-order valence-corrected chi connectivity index (χ1v) is 15.6. The Morgan fingerprint density at radius 1 is 0.390 bits per heavy atom. The van der Waals surface area contributed by atoms with E-state index in [0.29, 0.717) is 0 Å². The summed E-state index contributed by atoms with van der Waals surface area (Å²) in [6, 6.07) is 36.8. The Balaban J connectivity index is 1.44. The molecule has 2 aliphatic heterocycles. The summed E-state index contributed by atoms with van der Waals surface area (Å²) in [6.07, 6.45) is 4.08. The lowest BCUT2D eigenvalue weighted by Crippen LogP contribution is -2.61. The molecular weight excluding hydrogens is 500 g/mol. The maximum atomic E-state index is 7.29. The van der Waals surface area contributed by atoms with Crippen LogP contribution in [0.1, 0.15) is 96.4 Å². The first-order valence-electron chi connectivity index (χ1n) is 15.6. The van der Waals surface area contributed by atoms with Crippen LogP contribution in [0, 0.1) is 0 Å². The second kappa shape index (κ2) is 12.3. The summed E-state index contributed by atoms with van der Waals surface area (Å²) in [5.41, 5.74) is 10.6. The summed E-state index contributed by atoms with van der Waals surface area (Å²) >= 11 is 0. The topological polar surface area (TPSA) is 33.3 Å². The van der Waals surface area contributed by atoms with Crippen molar-refractivity contribution >= 4 is 0 Å². The van der Waals surface area contributed by atoms with Crippen LogP contribution in [0.15, 0.2) is 97.1 Å². The molecular formula is C38H44N2O. The van der Waals surface area contributed by atoms with Crippen LogP contribution in [0.2, 0.25) is 0 Å². The molecule has 3 nitrogen and oxygen atoms in total. The van der Waals surface area contributed by atoms with Crippen molar-refractivity contribution in [3.05, 3.63) is 142 Å². The highest BCUT2D eigenvalue weighted by molar-refractivity contribution is 5.37. The Morgan fingerprint density at radius 2 is 0.610 bits per heavy atom. The zero-order chi connectivity index (χ0) is 28.3. The van der Waals surface area contributed by atoms with Crippen LogP contribution in [-0.2, 0) is 30.4 Å². The number of aryl methyl sites for hydroxylation is 4. The predicted molar refractivity (Wildman–Crippen MR) is 169 cm³/mol. The minimum Gasteiger partial charge on any atom is -0.367 e. The minimum atomic E-state index is -0.0442. The molecule has 2 saturated heterocycles. The molecule has 4 aromatic carbocycles. The van der Waals surface area contributed by atoms with Gasteiger partial charge in [0.25, 0.3) is 0 Å². The van der Waals surface area contributed by atoms with Crippen LogP contribution < -0.4 is 10.6 Å². The predicted octanol–water partition coefficient (Wildman–Crippen LogP) is 8.16. The molecule has 41 heavy (non-hydrogen) atoms. The van der Waals surface area contributed by atoms with Crippen molar-refractivity contribution in [3.63, 3.8) is 0 Å². The highest BCUT2D eigenvalue weighted by Crippen LogP contribution is 2.47. The standard InChI is InChI=1S/C38H44N2O/c1-5-25-9-17-29(18-10-25)33-37-34(30-19-11-26(6-2)12-20-30)40-36(32-23-15-28(8-4)16-24-32)38(41-37)35(39-33)31-21-13-27(7-3)14-22-31/h9-24,33-40H,5-8H2,1-4H3/t33-,34-,35+,36+,37?,38?. The van der Waals surface area contributed by atoms with Gasteiger partial charge in [-0.05, 0) is 70.2 Å². The van der Waals surface area contributed by atoms with Crippen LogP contribution >= 0.6 is 0 Å². The third-order valence-corrected chi connectivity index (χ3v) is 9.33. The molecule has 0 spiro atoms. The fraction of sp³-hybridized carbons (Fsp3) is 0.368. The quantitative estimate of drug-likeness (QED) is 0.235. The summed E-state index contributed by atoms with van der Waals surface area (Å²) in [7, 11) is 0. The number of morpholine rings is 2. The summed E-state index contributed by atoms with van der Waals surface area (Å²) < 4.78 is 7.29. The molecule has 212 valence electrons. The van der Waals surface area contributed by atoms with E-state index < -0.39 is 0 Å². The Kier molecular flexibility index (Phi) is 8.39. The Hall–Kier alpha value is -3.24. The molecule has 0 radical (unpaired) electrons. The number of hydrogen-bond acceptors (Lipinski definition) is 3. The van der Waals surface area contributed by atoms with Gasteiger partial charge < -0.3 is 4.74 Å². The Morgan fingerprint density at radius 3 is 0.805 bits per heavy atom. The van der Waals surface area contributed by atoms with E-state index in [1.807, 2.05) is 0 Å². The van der Waals surface area contributed by atoms with Gasteiger partial charge in [0.15, 0.2) is 0 Å². The van der Waals surface area contributed by atoms with E-state index >= 15 is 0 Å². The second-order valence-corrected chi connectivity index (χ2v) is 11.7. The van der Waals surface area contributed by atoms with Crippen molar-refractivity contribution in [3.8, 4) is 0 Å². The molecule has 0 amide bonds. The van der Waals surface area contributed by atoms with Gasteiger partial charge >= 0.3 is 0 Å². The smallest absolute Gasteiger partial charge is 0.0969 e. The molecule has 4 atom stereocenters. The number of benzene rings is 4. The molecule has 0 aliphatic carbocycles. The maximum Gasteiger partial charge on any atom is 0.0969 e. The van der Waals surface area contributed by atoms with Crippen molar-refractivity contribution in [1.82, 2.24) is 10.6 Å². The number of hydrogen-bond donors (Lipinski definition) is 2. The van der Waals surface area contributed by atoms with E-state index in [1.54, 1.807) is 0 Å². The Labute approximate surface area is 246 Å². The maximum absolute atomic E-state index is 7.29. The van der Waals surface area contributed by atoms with Gasteiger partial charge in [0.1, 0.15) is 0 Å². The fourth-order valence-corrected chi connectivity index (χ4v) is 6.63. The minimum absolute atomic E-state index is 0.0442. The normalized spacial score (nSPS) is 25.7. The molecule has 6 rings (SSSR count). The highest BCUT2D eigenvalue weighted by atomic mass is 16.5. The summed E-state index contributed by atoms with van der Waals surface area (Å²) in [6.45, 7) is 8.86. The molecule has 2 N–H and O–H groups in total. The van der Waals surface area contributed by atoms with E-state index in [9.17, 15) is 0 Å². The van der Waals surface area contributed by atoms with Crippen LogP contribution in [0.3, 0.4) is 0 Å². The largest absolute Gasteiger partial charge is 0.367 e. The molecule has 2 aliphatic rings. The average Bonchev–Trinajstić information content (AvgIpc) is 3.05. The van der Waals surface area contributed by atoms with Gasteiger partial charge in [-0.15, -0.1) is 0 Å². The first-order chi connectivity index (χ1) is 20.1. The van der Waals surface area contributed by atoms with Gasteiger partial charge in [-0.2, -0.15) is 0 Å². The van der Waals surface area contributed by atoms with Crippen molar-refractivity contribution in [2.75, 3.05) is 0 Å². The lowest BCUT2D eigenvalue weighted by atomic mass is 9.79. The molecule has 0 aromatic heterocycles. The van der Waals surface area contributed by atoms with Crippen molar-refractivity contribution in [2.24, 2.45) is 0 Å². The van der Waals surface area contributed by atoms with Crippen LogP contribution in [0.5, 0.6) is 0 Å². The lowest BCUT2D eigenvalue weighted by molar-refractivity contribution is -0.154. The molecule has 2 fully saturated rings. The molecule has 0 unspecified atom stereocenters. The van der Waals surface area contributed by atoms with Crippen molar-refractivity contribution in [1.29, 1.82) is 0 Å². The van der Waals surface area contributed by atoms with E-state index in [4.69, 9.17) is 4.74 Å². The van der Waals surface area contributed by atoms with Gasteiger partial charge in [0, 0.05) is 0 Å². The van der Waals surface area contributed by atoms with Gasteiger partial charge in [0.05, 0.1) is 36.4 Å². The summed E-state index contributed by atoms with van der Waals surface area (Å²) in [4.78, 5) is 0. The van der Waals surface area contributed by atoms with Crippen molar-refractivity contribution in [2.45, 2.75) is 89.8 Å². The SMILES string of the molecule is CCc1ccc([C@H]2N[C@@H](c3ccc(CC)cc3)C3OC2[C@@H](c2ccc(CC)cc2)N[C@H]3c2ccc(CC)cc2)cc1. The lowest BCUT2D eigenvalue weighted by Gasteiger charge is -2.53. The van der Waals surface area contributed by atoms with E-state index in [0.717, 1.165) is 25.7 Å². The summed E-state index contributed by atoms with van der Waals surface area (Å²) in [5, 5.41) is 8.29. The highest BCUT2D eigenvalue weighted by Gasteiger charge is 2.50. The first kappa shape index (κ1) is 27.9. The number of fused-ring (bicyclic) bond motifs is 2. The zero-order valence-corrected chi connectivity index (χ0v) is 24.9. The fourth-order valence-electron chi connectivity index (χ4n) is 6.63. The van der Waals surface area contributed by atoms with Crippen LogP contribution in [-0.4, -0.2) is 12.2 Å². The zero-order valence-electron chi connectivity index (χ0n) is 24.9. The molecule has 0 saturated carbocycles. The molecule has 4 aromatic rings.